The van der Waals surface area contributed by atoms with Crippen molar-refractivity contribution in [3.05, 3.63) is 54.0 Å². The second kappa shape index (κ2) is 20.4. The first-order valence-electron chi connectivity index (χ1n) is 31.6. The molecule has 24 atom stereocenters. The van der Waals surface area contributed by atoms with Gasteiger partial charge in [0.05, 0.1) is 72.2 Å². The summed E-state index contributed by atoms with van der Waals surface area (Å²) in [6.45, 7) is 8.59. The number of aliphatic hydroxyl groups is 8. The van der Waals surface area contributed by atoms with Gasteiger partial charge in [-0.25, -0.2) is 9.97 Å². The van der Waals surface area contributed by atoms with E-state index in [0.717, 1.165) is 62.0 Å². The minimum Gasteiger partial charge on any atom is -0.481 e. The number of allylic oxidation sites excluding steroid dienone is 3. The molecule has 24 unspecified atom stereocenters. The van der Waals surface area contributed by atoms with Crippen LogP contribution in [0.1, 0.15) is 142 Å². The molecule has 5 heterocycles. The van der Waals surface area contributed by atoms with E-state index < -0.39 is 135 Å². The maximum Gasteiger partial charge on any atom is 0.310 e. The third-order valence-electron chi connectivity index (χ3n) is 26.7. The van der Waals surface area contributed by atoms with Crippen LogP contribution in [0.25, 0.3) is 0 Å². The molecule has 8 fully saturated rings. The van der Waals surface area contributed by atoms with Gasteiger partial charge in [-0.1, -0.05) is 83.6 Å². The van der Waals surface area contributed by atoms with Gasteiger partial charge in [0.15, 0.2) is 6.29 Å². The zero-order valence-corrected chi connectivity index (χ0v) is 48.8. The molecule has 11 aliphatic rings. The van der Waals surface area contributed by atoms with E-state index in [1.807, 2.05) is 13.0 Å². The third kappa shape index (κ3) is 7.74. The number of aromatic nitrogens is 4. The summed E-state index contributed by atoms with van der Waals surface area (Å²) >= 11 is 0. The minimum absolute atomic E-state index is 0.0297. The lowest BCUT2D eigenvalue weighted by Crippen LogP contribution is -2.77. The Hall–Kier alpha value is -3.80. The molecule has 458 valence electrons. The number of imidazole rings is 2. The van der Waals surface area contributed by atoms with Crippen molar-refractivity contribution in [3.63, 3.8) is 0 Å². The normalized spacial score (nSPS) is 48.8. The number of H-pyrrole nitrogens is 2. The van der Waals surface area contributed by atoms with Gasteiger partial charge >= 0.3 is 5.97 Å². The summed E-state index contributed by atoms with van der Waals surface area (Å²) in [7, 11) is 0. The Bertz CT molecular complexity index is 2840. The number of carboxylic acids is 1. The van der Waals surface area contributed by atoms with Crippen LogP contribution in [0, 0.1) is 91.2 Å². The number of anilines is 1. The molecule has 1 spiro atoms. The van der Waals surface area contributed by atoms with Crippen LogP contribution in [0.4, 0.5) is 5.82 Å². The second-order valence-electron chi connectivity index (χ2n) is 29.6. The molecular formula is C63H93N7O13. The van der Waals surface area contributed by atoms with Crippen molar-refractivity contribution in [2.24, 2.45) is 96.9 Å². The number of ether oxygens (including phenoxy) is 2. The fourth-order valence-corrected chi connectivity index (χ4v) is 22.9. The molecule has 83 heavy (non-hydrogen) atoms. The summed E-state index contributed by atoms with van der Waals surface area (Å²) in [6.07, 6.45) is 10.8. The first-order chi connectivity index (χ1) is 39.6. The van der Waals surface area contributed by atoms with Crippen molar-refractivity contribution < 1.29 is 65.0 Å². The number of nitrogens with two attached hydrogens (primary N) is 1. The average molecular weight is 1160 g/mol. The van der Waals surface area contributed by atoms with Crippen molar-refractivity contribution in [1.82, 2.24) is 25.3 Å². The van der Waals surface area contributed by atoms with Crippen molar-refractivity contribution in [1.29, 1.82) is 0 Å². The molecule has 6 saturated carbocycles. The van der Waals surface area contributed by atoms with E-state index in [-0.39, 0.29) is 55.1 Å². The lowest BCUT2D eigenvalue weighted by atomic mass is 9.26. The van der Waals surface area contributed by atoms with Crippen molar-refractivity contribution in [2.75, 3.05) is 31.7 Å². The fourth-order valence-electron chi connectivity index (χ4n) is 22.9. The summed E-state index contributed by atoms with van der Waals surface area (Å²) < 4.78 is 13.1. The molecule has 20 nitrogen and oxygen atoms in total. The Morgan fingerprint density at radius 3 is 2.33 bits per heavy atom. The quantitative estimate of drug-likeness (QED) is 0.0864. The Morgan fingerprint density at radius 2 is 1.64 bits per heavy atom. The summed E-state index contributed by atoms with van der Waals surface area (Å²) in [4.78, 5) is 46.2. The number of amides is 1. The van der Waals surface area contributed by atoms with E-state index in [1.54, 1.807) is 18.9 Å². The number of carbonyl (C=O) groups is 2. The monoisotopic (exact) mass is 1160 g/mol. The van der Waals surface area contributed by atoms with Crippen molar-refractivity contribution in [3.8, 4) is 0 Å². The minimum atomic E-state index is -1.70. The van der Waals surface area contributed by atoms with Gasteiger partial charge in [0.2, 0.25) is 5.91 Å². The van der Waals surface area contributed by atoms with Crippen LogP contribution in [-0.4, -0.2) is 159 Å². The van der Waals surface area contributed by atoms with E-state index in [1.165, 1.54) is 0 Å². The molecule has 15 N–H and O–H groups in total. The average Bonchev–Trinajstić information content (AvgIpc) is 1.38. The highest BCUT2D eigenvalue weighted by molar-refractivity contribution is 5.87. The molecule has 2 saturated heterocycles. The predicted octanol–water partition coefficient (Wildman–Crippen LogP) is 3.79. The largest absolute Gasteiger partial charge is 0.481 e. The summed E-state index contributed by atoms with van der Waals surface area (Å²) in [5.41, 5.74) is 1.41. The fraction of sp³-hybridized carbons (Fsp3) is 0.810. The zero-order chi connectivity index (χ0) is 58.6. The van der Waals surface area contributed by atoms with Crippen molar-refractivity contribution >= 4 is 17.7 Å². The van der Waals surface area contributed by atoms with Gasteiger partial charge in [-0.3, -0.25) is 9.59 Å². The molecule has 2 aromatic rings. The van der Waals surface area contributed by atoms with Gasteiger partial charge in [0.1, 0.15) is 30.4 Å². The molecular weight excluding hydrogens is 1060 g/mol. The van der Waals surface area contributed by atoms with E-state index in [2.05, 4.69) is 58.5 Å². The van der Waals surface area contributed by atoms with Crippen LogP contribution in [0.2, 0.25) is 0 Å². The molecule has 2 aromatic heterocycles. The van der Waals surface area contributed by atoms with E-state index >= 15 is 4.79 Å². The first kappa shape index (κ1) is 58.2. The molecule has 8 aliphatic carbocycles. The maximum absolute atomic E-state index is 15.6. The Labute approximate surface area is 486 Å². The van der Waals surface area contributed by atoms with Crippen LogP contribution >= 0.6 is 0 Å². The Balaban J connectivity index is 1.08. The first-order valence-corrected chi connectivity index (χ1v) is 31.6. The lowest BCUT2D eigenvalue weighted by molar-refractivity contribution is -0.355. The summed E-state index contributed by atoms with van der Waals surface area (Å²) in [5.74, 6) is -3.69. The Morgan fingerprint density at radius 1 is 0.880 bits per heavy atom. The number of aliphatic carboxylic acids is 1. The van der Waals surface area contributed by atoms with Crippen LogP contribution < -0.4 is 16.4 Å². The number of fused-ring (bicyclic) bond motifs is 13. The highest BCUT2D eigenvalue weighted by atomic mass is 16.7. The number of nitrogens with zero attached hydrogens (tertiary/aromatic N) is 2. The van der Waals surface area contributed by atoms with Gasteiger partial charge in [-0.2, -0.15) is 0 Å². The van der Waals surface area contributed by atoms with Crippen LogP contribution in [0.5, 0.6) is 0 Å². The number of aromatic amines is 2. The maximum atomic E-state index is 15.6. The van der Waals surface area contributed by atoms with E-state index in [9.17, 15) is 50.8 Å². The Kier molecular flexibility index (Phi) is 14.3. The molecule has 0 bridgehead atoms. The van der Waals surface area contributed by atoms with Crippen LogP contribution in [0.3, 0.4) is 0 Å². The van der Waals surface area contributed by atoms with Gasteiger partial charge in [-0.05, 0) is 134 Å². The van der Waals surface area contributed by atoms with Crippen LogP contribution in [0.15, 0.2) is 42.7 Å². The summed E-state index contributed by atoms with van der Waals surface area (Å²) in [5, 5.41) is 115. The molecule has 3 aliphatic heterocycles. The van der Waals surface area contributed by atoms with Gasteiger partial charge in [-0.15, -0.1) is 0 Å². The molecule has 0 radical (unpaired) electrons. The van der Waals surface area contributed by atoms with E-state index in [4.69, 9.17) is 20.2 Å². The van der Waals surface area contributed by atoms with Gasteiger partial charge in [0, 0.05) is 48.7 Å². The van der Waals surface area contributed by atoms with Gasteiger partial charge < -0.3 is 81.8 Å². The number of carboxylic acid groups (broad SMARTS) is 1. The van der Waals surface area contributed by atoms with Crippen LogP contribution in [-0.2, 0) is 30.9 Å². The standard InChI is InChI=1S/C63H93N7O13/c1-56(28-71)20-21-61(55(80)81)36(24-56)34-12-13-41-58(3,59(34,4)35-22-38-52(69-31-67-38)66-25-37(35)61)18-15-40-57(2,29-72)51(83-53-49(78)47(76)39(73)27-82-53)48(77)45(63(40,41)32-10-6-5-7-11-32)33-14-19-62(42-26-65-30-68-42,43(74)23-44(64)75)50-46(33)60(54(79)70-50)16-8-9-17-60/h12,14,19,26,30-33,35-37,39-41,43-51,53,66,71-78H,5-11,13,15-18,20-25,27-29,64H2,1-4H3,(H,65,68)(H,67,69)(H,70,79)(H,80,81). The summed E-state index contributed by atoms with van der Waals surface area (Å²) in [6, 6.07) is -0.792. The number of rotatable bonds is 11. The highest BCUT2D eigenvalue weighted by Gasteiger charge is 2.80. The smallest absolute Gasteiger partial charge is 0.310 e. The lowest BCUT2D eigenvalue weighted by Gasteiger charge is -2.78. The molecule has 1 amide bonds. The number of hydrogen-bond donors (Lipinski definition) is 14. The predicted molar refractivity (Wildman–Crippen MR) is 302 cm³/mol. The number of nitrogens with one attached hydrogen (secondary N) is 4. The van der Waals surface area contributed by atoms with Gasteiger partial charge in [0.25, 0.3) is 0 Å². The number of aliphatic hydroxyl groups excluding tert-OH is 8. The molecule has 0 aromatic carbocycles. The zero-order valence-electron chi connectivity index (χ0n) is 48.8. The number of hydrogen-bond acceptors (Lipinski definition) is 16. The molecule has 20 heteroatoms. The number of carbonyl (C=O) groups excluding carboxylic acids is 1. The topological polar surface area (TPSA) is 342 Å². The second-order valence-corrected chi connectivity index (χ2v) is 29.6. The third-order valence-corrected chi connectivity index (χ3v) is 26.7. The highest BCUT2D eigenvalue weighted by Crippen LogP contribution is 2.82. The SMILES string of the molecule is CC1(CO)CCC2(C(=O)O)C(C1)C1=CCC3C4(C5CCCCC5)C(C5C=CC(c6cnc[nH]6)(C(O)CC(N)O)C6NC(=O)C7(CCCC7)C56)C(O)C(OC5OCC(O)C(O)C5O)C(C)(CO)C4CCC3(C)C1(C)C1Cc3[nH]cnc3NCC12. The molecule has 13 rings (SSSR count). The van der Waals surface area contributed by atoms with E-state index in [0.29, 0.717) is 70.0 Å². The van der Waals surface area contributed by atoms with Crippen molar-refractivity contribution in [2.45, 2.75) is 197 Å².